The maximum absolute atomic E-state index is 16.8. The summed E-state index contributed by atoms with van der Waals surface area (Å²) in [5, 5.41) is 10.7. The molecule has 11 unspecified atom stereocenters. The molecule has 2 bridgehead atoms. The SMILES string of the molecule is C=CC(=O)N1CCN(C2NC(=O)N3C4NC(C(F)CC42)C2C(F)CCCC2N(C(C)=O)CCCC2CCNC(C(C)C)C23)[C@@H](C)C1. The summed E-state index contributed by atoms with van der Waals surface area (Å²) >= 11 is 0. The normalized spacial score (nSPS) is 42.2. The van der Waals surface area contributed by atoms with Crippen LogP contribution in [0, 0.1) is 23.7 Å². The van der Waals surface area contributed by atoms with E-state index in [4.69, 9.17) is 0 Å². The predicted molar refractivity (Wildman–Crippen MR) is 172 cm³/mol. The second-order valence-electron chi connectivity index (χ2n) is 15.1. The topological polar surface area (TPSA) is 100 Å². The third kappa shape index (κ3) is 6.06. The van der Waals surface area contributed by atoms with Crippen LogP contribution in [-0.2, 0) is 9.59 Å². The molecule has 0 aromatic heterocycles. The van der Waals surface area contributed by atoms with E-state index >= 15 is 8.78 Å². The Labute approximate surface area is 273 Å². The number of nitrogens with one attached hydrogen (secondary N) is 3. The molecule has 0 aromatic rings. The summed E-state index contributed by atoms with van der Waals surface area (Å²) in [6, 6.07) is -1.53. The van der Waals surface area contributed by atoms with E-state index < -0.39 is 36.6 Å². The summed E-state index contributed by atoms with van der Waals surface area (Å²) in [6.07, 6.45) is 2.20. The number of carbonyl (C=O) groups is 3. The molecule has 10 nitrogen and oxygen atoms in total. The molecule has 1 aliphatic carbocycles. The van der Waals surface area contributed by atoms with E-state index in [1.54, 1.807) is 11.8 Å². The fourth-order valence-electron chi connectivity index (χ4n) is 10.1. The highest BCUT2D eigenvalue weighted by Crippen LogP contribution is 2.44. The summed E-state index contributed by atoms with van der Waals surface area (Å²) in [5.74, 6) is -0.721. The van der Waals surface area contributed by atoms with Gasteiger partial charge in [-0.05, 0) is 76.3 Å². The van der Waals surface area contributed by atoms with Gasteiger partial charge < -0.3 is 25.3 Å². The number of urea groups is 1. The molecule has 3 N–H and O–H groups in total. The lowest BCUT2D eigenvalue weighted by Gasteiger charge is -2.60. The van der Waals surface area contributed by atoms with E-state index in [1.165, 1.54) is 6.08 Å². The molecule has 12 atom stereocenters. The van der Waals surface area contributed by atoms with E-state index in [0.29, 0.717) is 45.4 Å². The van der Waals surface area contributed by atoms with Gasteiger partial charge in [0.15, 0.2) is 0 Å². The number of hydrogen-bond donors (Lipinski definition) is 3. The van der Waals surface area contributed by atoms with Crippen molar-refractivity contribution in [3.63, 3.8) is 0 Å². The van der Waals surface area contributed by atoms with Crippen LogP contribution in [0.4, 0.5) is 13.6 Å². The molecule has 0 spiro atoms. The number of nitrogens with zero attached hydrogens (tertiary/aromatic N) is 4. The molecule has 6 aliphatic rings. The zero-order valence-corrected chi connectivity index (χ0v) is 28.0. The van der Waals surface area contributed by atoms with Gasteiger partial charge >= 0.3 is 6.03 Å². The Morgan fingerprint density at radius 1 is 1.02 bits per heavy atom. The average Bonchev–Trinajstić information content (AvgIpc) is 3.02. The lowest BCUT2D eigenvalue weighted by molar-refractivity contribution is -0.139. The quantitative estimate of drug-likeness (QED) is 0.408. The van der Waals surface area contributed by atoms with Gasteiger partial charge in [-0.25, -0.2) is 13.6 Å². The van der Waals surface area contributed by atoms with Crippen LogP contribution in [0.3, 0.4) is 0 Å². The number of carbonyl (C=O) groups excluding carboxylic acids is 3. The minimum Gasteiger partial charge on any atom is -0.340 e. The van der Waals surface area contributed by atoms with Gasteiger partial charge in [-0.1, -0.05) is 20.4 Å². The van der Waals surface area contributed by atoms with Crippen molar-refractivity contribution in [1.82, 2.24) is 35.6 Å². The monoisotopic (exact) mass is 647 g/mol. The number of piperazine rings is 1. The zero-order chi connectivity index (χ0) is 32.9. The Morgan fingerprint density at radius 3 is 2.50 bits per heavy atom. The molecular weight excluding hydrogens is 592 g/mol. The molecule has 6 rings (SSSR count). The second-order valence-corrected chi connectivity index (χ2v) is 15.1. The van der Waals surface area contributed by atoms with Gasteiger partial charge in [0.25, 0.3) is 0 Å². The Bertz CT molecular complexity index is 1160. The minimum atomic E-state index is -1.35. The van der Waals surface area contributed by atoms with Crippen molar-refractivity contribution in [3.8, 4) is 0 Å². The van der Waals surface area contributed by atoms with E-state index in [-0.39, 0.29) is 66.2 Å². The predicted octanol–water partition coefficient (Wildman–Crippen LogP) is 2.85. The van der Waals surface area contributed by atoms with Crippen LogP contribution in [0.15, 0.2) is 12.7 Å². The molecule has 5 aliphatic heterocycles. The highest BCUT2D eigenvalue weighted by molar-refractivity contribution is 5.87. The van der Waals surface area contributed by atoms with Gasteiger partial charge in [-0.15, -0.1) is 0 Å². The number of halogens is 2. The maximum atomic E-state index is 16.8. The Balaban J connectivity index is 1.41. The van der Waals surface area contributed by atoms with Gasteiger partial charge in [-0.2, -0.15) is 0 Å². The smallest absolute Gasteiger partial charge is 0.320 e. The van der Waals surface area contributed by atoms with E-state index in [2.05, 4.69) is 41.3 Å². The van der Waals surface area contributed by atoms with Crippen LogP contribution in [0.1, 0.15) is 72.6 Å². The van der Waals surface area contributed by atoms with Crippen LogP contribution in [0.2, 0.25) is 0 Å². The van der Waals surface area contributed by atoms with Crippen molar-refractivity contribution in [1.29, 1.82) is 0 Å². The second kappa shape index (κ2) is 13.7. The summed E-state index contributed by atoms with van der Waals surface area (Å²) in [5.41, 5.74) is 0. The van der Waals surface area contributed by atoms with Crippen molar-refractivity contribution in [2.24, 2.45) is 23.7 Å². The van der Waals surface area contributed by atoms with Crippen LogP contribution in [-0.4, -0.2) is 125 Å². The van der Waals surface area contributed by atoms with Crippen molar-refractivity contribution in [2.45, 2.75) is 128 Å². The van der Waals surface area contributed by atoms with Crippen molar-refractivity contribution in [3.05, 3.63) is 12.7 Å². The molecule has 0 radical (unpaired) electrons. The number of amides is 4. The molecule has 6 fully saturated rings. The molecule has 12 heteroatoms. The Hall–Kier alpha value is -2.31. The van der Waals surface area contributed by atoms with Gasteiger partial charge in [0.2, 0.25) is 11.8 Å². The van der Waals surface area contributed by atoms with Crippen molar-refractivity contribution < 1.29 is 23.2 Å². The third-order valence-electron chi connectivity index (χ3n) is 12.2. The molecule has 258 valence electrons. The fourth-order valence-corrected chi connectivity index (χ4v) is 10.1. The van der Waals surface area contributed by atoms with Gasteiger partial charge in [0.1, 0.15) is 12.3 Å². The van der Waals surface area contributed by atoms with Gasteiger partial charge in [0, 0.05) is 69.1 Å². The first-order chi connectivity index (χ1) is 22.0. The number of alkyl halides is 2. The van der Waals surface area contributed by atoms with Crippen LogP contribution in [0.5, 0.6) is 0 Å². The number of fused-ring (bicyclic) bond motifs is 5. The molecule has 1 saturated carbocycles. The molecular formula is C34H55F2N7O3. The zero-order valence-electron chi connectivity index (χ0n) is 28.0. The van der Waals surface area contributed by atoms with Crippen molar-refractivity contribution in [2.75, 3.05) is 32.7 Å². The van der Waals surface area contributed by atoms with E-state index in [1.807, 2.05) is 16.7 Å². The lowest BCUT2D eigenvalue weighted by atomic mass is 9.71. The summed E-state index contributed by atoms with van der Waals surface area (Å²) in [7, 11) is 0. The Kier molecular flexibility index (Phi) is 9.98. The van der Waals surface area contributed by atoms with E-state index in [9.17, 15) is 14.4 Å². The van der Waals surface area contributed by atoms with Crippen LogP contribution >= 0.6 is 0 Å². The Morgan fingerprint density at radius 2 is 1.80 bits per heavy atom. The first-order valence-electron chi connectivity index (χ1n) is 17.8. The van der Waals surface area contributed by atoms with Crippen LogP contribution < -0.4 is 16.0 Å². The largest absolute Gasteiger partial charge is 0.340 e. The third-order valence-corrected chi connectivity index (χ3v) is 12.2. The summed E-state index contributed by atoms with van der Waals surface area (Å²) in [4.78, 5) is 47.8. The number of piperidine rings is 2. The standard InChI is InChI=1S/C34H55F2N7O3/c1-6-27(45)40-15-16-41(20(4)18-40)32-23-17-25(36)30-28-24(35)10-7-11-26(28)42(21(5)44)14-8-9-22-12-13-37-29(19(2)3)31(22)43(33(23)38-30)34(46)39-32/h6,19-20,22-26,28-33,37-38H,1,7-18H2,2-5H3,(H,39,46)/t20-,22?,23?,24?,25?,26?,28?,29?,30?,31?,32?,33?/m0/s1. The molecule has 4 amide bonds. The molecule has 0 aromatic carbocycles. The first-order valence-corrected chi connectivity index (χ1v) is 17.8. The fraction of sp³-hybridized carbons (Fsp3) is 0.853. The number of hydrogen-bond acceptors (Lipinski definition) is 6. The van der Waals surface area contributed by atoms with Gasteiger partial charge in [-0.3, -0.25) is 19.8 Å². The maximum Gasteiger partial charge on any atom is 0.320 e. The summed E-state index contributed by atoms with van der Waals surface area (Å²) < 4.78 is 32.9. The lowest BCUT2D eigenvalue weighted by Crippen LogP contribution is -2.80. The number of rotatable bonds is 3. The van der Waals surface area contributed by atoms with Crippen molar-refractivity contribution >= 4 is 17.8 Å². The minimum absolute atomic E-state index is 0.0423. The highest BCUT2D eigenvalue weighted by atomic mass is 19.1. The van der Waals surface area contributed by atoms with Crippen LogP contribution in [0.25, 0.3) is 0 Å². The molecule has 46 heavy (non-hydrogen) atoms. The average molecular weight is 648 g/mol. The molecule has 5 heterocycles. The van der Waals surface area contributed by atoms with Gasteiger partial charge in [0.05, 0.1) is 18.4 Å². The first kappa shape index (κ1) is 33.6. The molecule has 5 saturated heterocycles. The summed E-state index contributed by atoms with van der Waals surface area (Å²) in [6.45, 7) is 14.5. The highest BCUT2D eigenvalue weighted by Gasteiger charge is 2.58. The van der Waals surface area contributed by atoms with E-state index in [0.717, 1.165) is 25.8 Å².